The first kappa shape index (κ1) is 14.7. The van der Waals surface area contributed by atoms with Gasteiger partial charge in [-0.3, -0.25) is 4.79 Å². The van der Waals surface area contributed by atoms with E-state index >= 15 is 0 Å². The number of nitrogens with one attached hydrogen (secondary N) is 1. The zero-order valence-electron chi connectivity index (χ0n) is 8.86. The van der Waals surface area contributed by atoms with Crippen LogP contribution in [0.3, 0.4) is 0 Å². The van der Waals surface area contributed by atoms with Gasteiger partial charge in [-0.2, -0.15) is 0 Å². The van der Waals surface area contributed by atoms with E-state index in [0.29, 0.717) is 5.16 Å². The van der Waals surface area contributed by atoms with Gasteiger partial charge in [0.05, 0.1) is 6.61 Å². The van der Waals surface area contributed by atoms with E-state index in [4.69, 9.17) is 0 Å². The summed E-state index contributed by atoms with van der Waals surface area (Å²) in [5.74, 6) is -0.645. The van der Waals surface area contributed by atoms with Crippen molar-refractivity contribution >= 4 is 47.3 Å². The van der Waals surface area contributed by atoms with Crippen molar-refractivity contribution in [3.63, 3.8) is 0 Å². The van der Waals surface area contributed by atoms with Gasteiger partial charge in [-0.1, -0.05) is 11.8 Å². The van der Waals surface area contributed by atoms with Gasteiger partial charge in [0.25, 0.3) is 5.56 Å². The number of thioether (sulfide) groups is 1. The molecule has 0 amide bonds. The van der Waals surface area contributed by atoms with Crippen LogP contribution in [-0.2, 0) is 4.74 Å². The number of carbonyl (C=O) groups excluding carboxylic acids is 1. The minimum Gasteiger partial charge on any atom is -0.462 e. The third-order valence-electron chi connectivity index (χ3n) is 1.46. The molecule has 1 radical (unpaired) electrons. The van der Waals surface area contributed by atoms with E-state index in [1.54, 1.807) is 13.2 Å². The number of H-pyrrole nitrogens is 1. The fraction of sp³-hybridized carbons (Fsp3) is 0.375. The molecule has 1 N–H and O–H groups in total. The predicted molar refractivity (Wildman–Crippen MR) is 58.3 cm³/mol. The van der Waals surface area contributed by atoms with Gasteiger partial charge in [0.15, 0.2) is 5.16 Å². The minimum absolute atomic E-state index is 0. The number of aromatic amines is 1. The summed E-state index contributed by atoms with van der Waals surface area (Å²) in [4.78, 5) is 28.8. The number of nitrogens with zero attached hydrogens (tertiary/aromatic N) is 1. The summed E-state index contributed by atoms with van der Waals surface area (Å²) in [7, 11) is 0. The fourth-order valence-electron chi connectivity index (χ4n) is 0.837. The van der Waals surface area contributed by atoms with E-state index in [1.165, 1.54) is 18.0 Å². The van der Waals surface area contributed by atoms with Crippen LogP contribution in [0.1, 0.15) is 17.3 Å². The van der Waals surface area contributed by atoms with Crippen molar-refractivity contribution in [3.8, 4) is 0 Å². The van der Waals surface area contributed by atoms with Crippen LogP contribution in [0, 0.1) is 0 Å². The van der Waals surface area contributed by atoms with Gasteiger partial charge in [0.1, 0.15) is 5.56 Å². The Hall–Kier alpha value is -0.300. The topological polar surface area (TPSA) is 72.0 Å². The van der Waals surface area contributed by atoms with Crippen LogP contribution in [0.25, 0.3) is 0 Å². The number of hydrogen-bond donors (Lipinski definition) is 1. The van der Waals surface area contributed by atoms with E-state index in [2.05, 4.69) is 14.7 Å². The molecule has 0 fully saturated rings. The largest absolute Gasteiger partial charge is 0.462 e. The average Bonchev–Trinajstić information content (AvgIpc) is 2.17. The summed E-state index contributed by atoms with van der Waals surface area (Å²) in [6.45, 7) is 1.92. The molecule has 1 aromatic heterocycles. The van der Waals surface area contributed by atoms with Gasteiger partial charge >= 0.3 is 5.97 Å². The summed E-state index contributed by atoms with van der Waals surface area (Å²) >= 11 is 1.30. The Morgan fingerprint density at radius 2 is 2.33 bits per heavy atom. The molecule has 1 heterocycles. The zero-order valence-corrected chi connectivity index (χ0v) is 11.7. The van der Waals surface area contributed by atoms with Gasteiger partial charge < -0.3 is 9.72 Å². The first-order valence-electron chi connectivity index (χ1n) is 3.99. The molecule has 5 nitrogen and oxygen atoms in total. The molecule has 7 heteroatoms. The van der Waals surface area contributed by atoms with Gasteiger partial charge in [-0.15, -0.1) is 0 Å². The number of rotatable bonds is 3. The van der Waals surface area contributed by atoms with E-state index in [9.17, 15) is 9.59 Å². The van der Waals surface area contributed by atoms with E-state index < -0.39 is 11.5 Å². The van der Waals surface area contributed by atoms with Crippen molar-refractivity contribution < 1.29 is 9.53 Å². The predicted octanol–water partition coefficient (Wildman–Crippen LogP) is 0.288. The third-order valence-corrected chi connectivity index (χ3v) is 2.06. The van der Waals surface area contributed by atoms with Gasteiger partial charge in [-0.05, 0) is 13.2 Å². The minimum atomic E-state index is -0.645. The van der Waals surface area contributed by atoms with Crippen molar-refractivity contribution in [2.24, 2.45) is 0 Å². The summed E-state index contributed by atoms with van der Waals surface area (Å²) < 4.78 is 4.68. The maximum absolute atomic E-state index is 11.3. The van der Waals surface area contributed by atoms with E-state index in [1.807, 2.05) is 0 Å². The molecule has 0 atom stereocenters. The van der Waals surface area contributed by atoms with Crippen LogP contribution in [0.4, 0.5) is 0 Å². The van der Waals surface area contributed by atoms with Gasteiger partial charge in [0.2, 0.25) is 0 Å². The van der Waals surface area contributed by atoms with Crippen molar-refractivity contribution in [2.75, 3.05) is 12.9 Å². The quantitative estimate of drug-likeness (QED) is 0.354. The maximum Gasteiger partial charge on any atom is 0.345 e. The second kappa shape index (κ2) is 7.05. The Labute approximate surface area is 113 Å². The molecule has 77 valence electrons. The monoisotopic (exact) mass is 237 g/mol. The zero-order chi connectivity index (χ0) is 10.6. The molecular weight excluding hydrogens is 227 g/mol. The normalized spacial score (nSPS) is 9.20. The molecule has 0 aromatic carbocycles. The Morgan fingerprint density at radius 3 is 2.80 bits per heavy atom. The number of aromatic nitrogens is 2. The standard InChI is InChI=1S/C8H10N2O3S.Na/c1-3-13-7(12)5-4-9-8(14-2)10-6(5)11;/h4H,3H2,1-2H3,(H,9,10,11);. The average molecular weight is 237 g/mol. The first-order chi connectivity index (χ1) is 6.69. The second-order valence-electron chi connectivity index (χ2n) is 2.36. The molecule has 0 aliphatic heterocycles. The molecule has 0 aliphatic rings. The summed E-state index contributed by atoms with van der Waals surface area (Å²) in [5.41, 5.74) is -0.535. The van der Waals surface area contributed by atoms with E-state index in [-0.39, 0.29) is 41.7 Å². The van der Waals surface area contributed by atoms with Crippen LogP contribution >= 0.6 is 11.8 Å². The van der Waals surface area contributed by atoms with Crippen LogP contribution < -0.4 is 5.56 Å². The van der Waals surface area contributed by atoms with Crippen LogP contribution in [0.2, 0.25) is 0 Å². The molecule has 0 saturated carbocycles. The van der Waals surface area contributed by atoms with Crippen LogP contribution in [0.5, 0.6) is 0 Å². The second-order valence-corrected chi connectivity index (χ2v) is 3.15. The number of carbonyl (C=O) groups is 1. The molecule has 0 unspecified atom stereocenters. The molecule has 15 heavy (non-hydrogen) atoms. The molecule has 0 saturated heterocycles. The third kappa shape index (κ3) is 3.98. The SMILES string of the molecule is CCOC(=O)c1cnc(SC)[nH]c1=O.[Na]. The van der Waals surface area contributed by atoms with Crippen molar-refractivity contribution in [2.45, 2.75) is 12.1 Å². The van der Waals surface area contributed by atoms with Crippen molar-refractivity contribution in [3.05, 3.63) is 22.1 Å². The number of esters is 1. The molecule has 1 rings (SSSR count). The van der Waals surface area contributed by atoms with Gasteiger partial charge in [-0.25, -0.2) is 9.78 Å². The fourth-order valence-corrected chi connectivity index (χ4v) is 1.19. The smallest absolute Gasteiger partial charge is 0.345 e. The maximum atomic E-state index is 11.3. The Bertz CT molecular complexity index is 394. The van der Waals surface area contributed by atoms with Gasteiger partial charge in [0, 0.05) is 35.8 Å². The van der Waals surface area contributed by atoms with Crippen molar-refractivity contribution in [1.82, 2.24) is 9.97 Å². The molecule has 1 aromatic rings. The number of ether oxygens (including phenoxy) is 1. The van der Waals surface area contributed by atoms with E-state index in [0.717, 1.165) is 0 Å². The summed E-state index contributed by atoms with van der Waals surface area (Å²) in [6, 6.07) is 0. The summed E-state index contributed by atoms with van der Waals surface area (Å²) in [6.07, 6.45) is 3.00. The molecule has 0 spiro atoms. The Morgan fingerprint density at radius 1 is 1.67 bits per heavy atom. The molecule has 0 aliphatic carbocycles. The molecular formula is C8H10N2NaO3S. The summed E-state index contributed by atoms with van der Waals surface area (Å²) in [5, 5.41) is 0.475. The Kier molecular flexibility index (Phi) is 6.91. The first-order valence-corrected chi connectivity index (χ1v) is 5.22. The van der Waals surface area contributed by atoms with Crippen LogP contribution in [0.15, 0.2) is 16.1 Å². The number of hydrogen-bond acceptors (Lipinski definition) is 5. The molecule has 0 bridgehead atoms. The van der Waals surface area contributed by atoms with Crippen LogP contribution in [-0.4, -0.2) is 58.4 Å². The Balaban J connectivity index is 0.00000196. The van der Waals surface area contributed by atoms with Crippen molar-refractivity contribution in [1.29, 1.82) is 0 Å².